The van der Waals surface area contributed by atoms with Gasteiger partial charge in [-0.2, -0.15) is 0 Å². The SMILES string of the molecule is COc1cc(N)ccc1NC(=O)COc1ccc(C)c(C)c1. The van der Waals surface area contributed by atoms with Crippen LogP contribution in [0.2, 0.25) is 0 Å². The maximum absolute atomic E-state index is 12.0. The van der Waals surface area contributed by atoms with Gasteiger partial charge in [0.05, 0.1) is 12.8 Å². The molecule has 0 fully saturated rings. The van der Waals surface area contributed by atoms with E-state index in [2.05, 4.69) is 5.32 Å². The van der Waals surface area contributed by atoms with Crippen molar-refractivity contribution in [2.45, 2.75) is 13.8 Å². The lowest BCUT2D eigenvalue weighted by Gasteiger charge is -2.12. The number of amides is 1. The van der Waals surface area contributed by atoms with Gasteiger partial charge < -0.3 is 20.5 Å². The number of nitrogens with two attached hydrogens (primary N) is 1. The Kier molecular flexibility index (Phi) is 4.88. The molecule has 22 heavy (non-hydrogen) atoms. The highest BCUT2D eigenvalue weighted by Crippen LogP contribution is 2.26. The second kappa shape index (κ2) is 6.85. The molecular formula is C17H20N2O3. The van der Waals surface area contributed by atoms with E-state index < -0.39 is 0 Å². The smallest absolute Gasteiger partial charge is 0.262 e. The van der Waals surface area contributed by atoms with Gasteiger partial charge in [-0.1, -0.05) is 6.07 Å². The van der Waals surface area contributed by atoms with Gasteiger partial charge in [-0.25, -0.2) is 0 Å². The van der Waals surface area contributed by atoms with Crippen molar-refractivity contribution in [3.05, 3.63) is 47.5 Å². The fourth-order valence-corrected chi connectivity index (χ4v) is 1.95. The van der Waals surface area contributed by atoms with E-state index in [4.69, 9.17) is 15.2 Å². The molecule has 0 atom stereocenters. The maximum atomic E-state index is 12.0. The Morgan fingerprint density at radius 3 is 2.59 bits per heavy atom. The summed E-state index contributed by atoms with van der Waals surface area (Å²) in [4.78, 5) is 12.0. The van der Waals surface area contributed by atoms with Gasteiger partial charge in [0.1, 0.15) is 11.5 Å². The minimum Gasteiger partial charge on any atom is -0.494 e. The number of hydrogen-bond donors (Lipinski definition) is 2. The molecule has 116 valence electrons. The molecule has 0 aromatic heterocycles. The third-order valence-corrected chi connectivity index (χ3v) is 3.35. The van der Waals surface area contributed by atoms with Crippen LogP contribution in [0.4, 0.5) is 11.4 Å². The van der Waals surface area contributed by atoms with Crippen molar-refractivity contribution in [2.24, 2.45) is 0 Å². The van der Waals surface area contributed by atoms with Gasteiger partial charge in [-0.15, -0.1) is 0 Å². The van der Waals surface area contributed by atoms with E-state index in [0.717, 1.165) is 5.56 Å². The Hall–Kier alpha value is -2.69. The van der Waals surface area contributed by atoms with Crippen LogP contribution in [0, 0.1) is 13.8 Å². The van der Waals surface area contributed by atoms with Gasteiger partial charge in [0.2, 0.25) is 0 Å². The zero-order chi connectivity index (χ0) is 16.1. The van der Waals surface area contributed by atoms with Gasteiger partial charge >= 0.3 is 0 Å². The average molecular weight is 300 g/mol. The summed E-state index contributed by atoms with van der Waals surface area (Å²) in [5.74, 6) is 0.920. The van der Waals surface area contributed by atoms with E-state index in [9.17, 15) is 4.79 Å². The number of benzene rings is 2. The molecule has 0 heterocycles. The molecule has 0 bridgehead atoms. The van der Waals surface area contributed by atoms with Crippen molar-refractivity contribution in [3.63, 3.8) is 0 Å². The highest BCUT2D eigenvalue weighted by atomic mass is 16.5. The zero-order valence-electron chi connectivity index (χ0n) is 13.0. The Morgan fingerprint density at radius 1 is 1.14 bits per heavy atom. The number of rotatable bonds is 5. The van der Waals surface area contributed by atoms with Crippen molar-refractivity contribution < 1.29 is 14.3 Å². The minimum absolute atomic E-state index is 0.0734. The third-order valence-electron chi connectivity index (χ3n) is 3.35. The highest BCUT2D eigenvalue weighted by molar-refractivity contribution is 5.93. The molecule has 2 aromatic carbocycles. The molecule has 0 aliphatic carbocycles. The van der Waals surface area contributed by atoms with E-state index in [-0.39, 0.29) is 12.5 Å². The highest BCUT2D eigenvalue weighted by Gasteiger charge is 2.09. The lowest BCUT2D eigenvalue weighted by Crippen LogP contribution is -2.20. The van der Waals surface area contributed by atoms with Gasteiger partial charge in [0.25, 0.3) is 5.91 Å². The quantitative estimate of drug-likeness (QED) is 0.833. The lowest BCUT2D eigenvalue weighted by molar-refractivity contribution is -0.118. The van der Waals surface area contributed by atoms with Crippen LogP contribution >= 0.6 is 0 Å². The Morgan fingerprint density at radius 2 is 1.91 bits per heavy atom. The Balaban J connectivity index is 1.97. The fraction of sp³-hybridized carbons (Fsp3) is 0.235. The van der Waals surface area contributed by atoms with Crippen LogP contribution in [0.15, 0.2) is 36.4 Å². The first-order chi connectivity index (χ1) is 10.5. The van der Waals surface area contributed by atoms with Crippen LogP contribution in [0.1, 0.15) is 11.1 Å². The molecule has 0 aliphatic heterocycles. The molecule has 0 saturated heterocycles. The predicted octanol–water partition coefficient (Wildman–Crippen LogP) is 2.91. The van der Waals surface area contributed by atoms with Gasteiger partial charge in [0.15, 0.2) is 6.61 Å². The van der Waals surface area contributed by atoms with Crippen molar-refractivity contribution in [3.8, 4) is 11.5 Å². The van der Waals surface area contributed by atoms with Gasteiger partial charge in [-0.05, 0) is 49.2 Å². The van der Waals surface area contributed by atoms with Gasteiger partial charge in [0, 0.05) is 11.8 Å². The Bertz CT molecular complexity index is 684. The summed E-state index contributed by atoms with van der Waals surface area (Å²) in [6, 6.07) is 10.8. The van der Waals surface area contributed by atoms with Crippen LogP contribution in [0.5, 0.6) is 11.5 Å². The number of anilines is 2. The average Bonchev–Trinajstić information content (AvgIpc) is 2.50. The zero-order valence-corrected chi connectivity index (χ0v) is 13.0. The predicted molar refractivity (Wildman–Crippen MR) is 87.4 cm³/mol. The van der Waals surface area contributed by atoms with Crippen molar-refractivity contribution in [1.82, 2.24) is 0 Å². The number of carbonyl (C=O) groups is 1. The summed E-state index contributed by atoms with van der Waals surface area (Å²) in [6.45, 7) is 3.96. The first-order valence-electron chi connectivity index (χ1n) is 6.93. The standard InChI is InChI=1S/C17H20N2O3/c1-11-4-6-14(8-12(11)2)22-10-17(20)19-15-7-5-13(18)9-16(15)21-3/h4-9H,10,18H2,1-3H3,(H,19,20). The van der Waals surface area contributed by atoms with Crippen LogP contribution < -0.4 is 20.5 Å². The number of aryl methyl sites for hydroxylation is 2. The number of ether oxygens (including phenoxy) is 2. The minimum atomic E-state index is -0.263. The van der Waals surface area contributed by atoms with Gasteiger partial charge in [-0.3, -0.25) is 4.79 Å². The van der Waals surface area contributed by atoms with Crippen LogP contribution in [-0.4, -0.2) is 19.6 Å². The molecule has 2 aromatic rings. The van der Waals surface area contributed by atoms with E-state index in [1.165, 1.54) is 12.7 Å². The molecular weight excluding hydrogens is 280 g/mol. The molecule has 3 N–H and O–H groups in total. The topological polar surface area (TPSA) is 73.6 Å². The number of nitrogen functional groups attached to an aromatic ring is 1. The van der Waals surface area contributed by atoms with E-state index >= 15 is 0 Å². The van der Waals surface area contributed by atoms with Crippen LogP contribution in [0.3, 0.4) is 0 Å². The van der Waals surface area contributed by atoms with Crippen LogP contribution in [0.25, 0.3) is 0 Å². The summed E-state index contributed by atoms with van der Waals surface area (Å²) in [7, 11) is 1.52. The number of carbonyl (C=O) groups excluding carboxylic acids is 1. The summed E-state index contributed by atoms with van der Waals surface area (Å²) in [5.41, 5.74) is 9.12. The third kappa shape index (κ3) is 3.91. The largest absolute Gasteiger partial charge is 0.494 e. The molecule has 5 heteroatoms. The normalized spacial score (nSPS) is 10.1. The molecule has 0 saturated carbocycles. The number of hydrogen-bond acceptors (Lipinski definition) is 4. The van der Waals surface area contributed by atoms with E-state index in [0.29, 0.717) is 22.9 Å². The first kappa shape index (κ1) is 15.7. The molecule has 2 rings (SSSR count). The Labute approximate surface area is 130 Å². The molecule has 0 spiro atoms. The molecule has 5 nitrogen and oxygen atoms in total. The van der Waals surface area contributed by atoms with Crippen molar-refractivity contribution in [1.29, 1.82) is 0 Å². The summed E-state index contributed by atoms with van der Waals surface area (Å²) in [5, 5.41) is 2.74. The fourth-order valence-electron chi connectivity index (χ4n) is 1.95. The van der Waals surface area contributed by atoms with E-state index in [1.54, 1.807) is 18.2 Å². The number of methoxy groups -OCH3 is 1. The van der Waals surface area contributed by atoms with E-state index in [1.807, 2.05) is 32.0 Å². The first-order valence-corrected chi connectivity index (χ1v) is 6.93. The summed E-state index contributed by atoms with van der Waals surface area (Å²) in [6.07, 6.45) is 0. The maximum Gasteiger partial charge on any atom is 0.262 e. The molecule has 0 aliphatic rings. The lowest BCUT2D eigenvalue weighted by atomic mass is 10.1. The summed E-state index contributed by atoms with van der Waals surface area (Å²) >= 11 is 0. The monoisotopic (exact) mass is 300 g/mol. The second-order valence-corrected chi connectivity index (χ2v) is 5.04. The van der Waals surface area contributed by atoms with Crippen LogP contribution in [-0.2, 0) is 4.79 Å². The second-order valence-electron chi connectivity index (χ2n) is 5.04. The number of nitrogens with one attached hydrogen (secondary N) is 1. The molecule has 0 radical (unpaired) electrons. The van der Waals surface area contributed by atoms with Crippen molar-refractivity contribution in [2.75, 3.05) is 24.8 Å². The van der Waals surface area contributed by atoms with Crippen molar-refractivity contribution >= 4 is 17.3 Å². The molecule has 0 unspecified atom stereocenters. The molecule has 1 amide bonds. The summed E-state index contributed by atoms with van der Waals surface area (Å²) < 4.78 is 10.7.